The van der Waals surface area contributed by atoms with Crippen LogP contribution in [0.1, 0.15) is 5.56 Å². The van der Waals surface area contributed by atoms with Crippen molar-refractivity contribution in [1.82, 2.24) is 15.0 Å². The van der Waals surface area contributed by atoms with E-state index in [9.17, 15) is 4.79 Å². The van der Waals surface area contributed by atoms with E-state index in [1.54, 1.807) is 24.4 Å². The molecule has 102 valence electrons. The van der Waals surface area contributed by atoms with Gasteiger partial charge in [0, 0.05) is 16.8 Å². The summed E-state index contributed by atoms with van der Waals surface area (Å²) in [4.78, 5) is 11.9. The first-order valence-electron chi connectivity index (χ1n) is 5.72. The largest absolute Gasteiger partial charge is 0.384 e. The molecule has 0 aliphatic carbocycles. The number of nitrogens with one attached hydrogen (secondary N) is 1. The Morgan fingerprint density at radius 2 is 2.35 bits per heavy atom. The first-order valence-corrected chi connectivity index (χ1v) is 6.10. The summed E-state index contributed by atoms with van der Waals surface area (Å²) in [5, 5.41) is 19.2. The highest BCUT2D eigenvalue weighted by Gasteiger charge is 2.07. The molecule has 0 aliphatic heterocycles. The van der Waals surface area contributed by atoms with Crippen LogP contribution in [-0.4, -0.2) is 32.6 Å². The Balaban J connectivity index is 2.15. The predicted octanol–water partition coefficient (Wildman–Crippen LogP) is 0.914. The molecule has 2 aromatic rings. The summed E-state index contributed by atoms with van der Waals surface area (Å²) in [6, 6.07) is 4.94. The van der Waals surface area contributed by atoms with E-state index in [1.165, 1.54) is 10.9 Å². The molecule has 1 amide bonds. The van der Waals surface area contributed by atoms with E-state index >= 15 is 0 Å². The summed E-state index contributed by atoms with van der Waals surface area (Å²) in [5.41, 5.74) is 1.07. The molecular formula is C13H11ClN4O2. The summed E-state index contributed by atoms with van der Waals surface area (Å²) in [6.45, 7) is -0.214. The van der Waals surface area contributed by atoms with Crippen LogP contribution in [0.25, 0.3) is 0 Å². The van der Waals surface area contributed by atoms with Crippen LogP contribution in [0, 0.1) is 11.8 Å². The van der Waals surface area contributed by atoms with Crippen LogP contribution in [0.4, 0.5) is 5.69 Å². The minimum atomic E-state index is -0.273. The zero-order valence-electron chi connectivity index (χ0n) is 10.4. The highest BCUT2D eigenvalue weighted by Crippen LogP contribution is 2.20. The van der Waals surface area contributed by atoms with Gasteiger partial charge in [0.15, 0.2) is 0 Å². The van der Waals surface area contributed by atoms with E-state index in [0.717, 1.165) is 0 Å². The van der Waals surface area contributed by atoms with E-state index in [-0.39, 0.29) is 19.1 Å². The number of aromatic nitrogens is 3. The highest BCUT2D eigenvalue weighted by atomic mass is 35.5. The van der Waals surface area contributed by atoms with Gasteiger partial charge < -0.3 is 10.4 Å². The topological polar surface area (TPSA) is 80.0 Å². The number of benzene rings is 1. The number of hydrogen-bond donors (Lipinski definition) is 2. The van der Waals surface area contributed by atoms with Gasteiger partial charge in [-0.15, -0.1) is 5.10 Å². The van der Waals surface area contributed by atoms with Crippen molar-refractivity contribution < 1.29 is 9.90 Å². The van der Waals surface area contributed by atoms with Crippen molar-refractivity contribution in [1.29, 1.82) is 0 Å². The summed E-state index contributed by atoms with van der Waals surface area (Å²) in [6.07, 6.45) is 3.08. The number of hydrogen-bond acceptors (Lipinski definition) is 4. The highest BCUT2D eigenvalue weighted by molar-refractivity contribution is 6.31. The normalized spacial score (nSPS) is 9.70. The van der Waals surface area contributed by atoms with Gasteiger partial charge in [0.2, 0.25) is 5.91 Å². The lowest BCUT2D eigenvalue weighted by Gasteiger charge is -2.08. The molecule has 0 spiro atoms. The van der Waals surface area contributed by atoms with E-state index in [2.05, 4.69) is 27.5 Å². The molecule has 6 nitrogen and oxygen atoms in total. The molecule has 2 rings (SSSR count). The molecule has 2 N–H and O–H groups in total. The van der Waals surface area contributed by atoms with Crippen molar-refractivity contribution in [3.63, 3.8) is 0 Å². The Hall–Kier alpha value is -2.36. The monoisotopic (exact) mass is 290 g/mol. The Labute approximate surface area is 120 Å². The summed E-state index contributed by atoms with van der Waals surface area (Å²) in [5.74, 6) is 5.00. The fourth-order valence-electron chi connectivity index (χ4n) is 1.52. The average Bonchev–Trinajstić information content (AvgIpc) is 2.90. The van der Waals surface area contributed by atoms with Gasteiger partial charge in [-0.25, -0.2) is 4.68 Å². The van der Waals surface area contributed by atoms with Gasteiger partial charge in [-0.05, 0) is 18.2 Å². The number of aliphatic hydroxyl groups is 1. The van der Waals surface area contributed by atoms with Gasteiger partial charge in [0.05, 0.1) is 11.9 Å². The lowest BCUT2D eigenvalue weighted by molar-refractivity contribution is -0.116. The minimum absolute atomic E-state index is 0.0411. The minimum Gasteiger partial charge on any atom is -0.384 e. The molecule has 20 heavy (non-hydrogen) atoms. The molecule has 0 saturated heterocycles. The second kappa shape index (κ2) is 6.70. The van der Waals surface area contributed by atoms with Crippen molar-refractivity contribution in [3.05, 3.63) is 41.2 Å². The maximum atomic E-state index is 11.9. The molecular weight excluding hydrogens is 280 g/mol. The molecule has 0 aliphatic rings. The number of nitrogens with zero attached hydrogens (tertiary/aromatic N) is 3. The van der Waals surface area contributed by atoms with Gasteiger partial charge >= 0.3 is 0 Å². The summed E-state index contributed by atoms with van der Waals surface area (Å²) >= 11 is 5.90. The van der Waals surface area contributed by atoms with E-state index in [4.69, 9.17) is 16.7 Å². The molecule has 0 atom stereocenters. The van der Waals surface area contributed by atoms with Gasteiger partial charge in [0.1, 0.15) is 13.2 Å². The average molecular weight is 291 g/mol. The molecule has 1 heterocycles. The van der Waals surface area contributed by atoms with Gasteiger partial charge in [-0.2, -0.15) is 0 Å². The van der Waals surface area contributed by atoms with Crippen LogP contribution in [-0.2, 0) is 11.3 Å². The van der Waals surface area contributed by atoms with Crippen molar-refractivity contribution in [2.75, 3.05) is 11.9 Å². The third-order valence-corrected chi connectivity index (χ3v) is 2.57. The predicted molar refractivity (Wildman–Crippen MR) is 74.1 cm³/mol. The Morgan fingerprint density at radius 3 is 3.05 bits per heavy atom. The van der Waals surface area contributed by atoms with Crippen LogP contribution in [0.3, 0.4) is 0 Å². The number of rotatable bonds is 3. The Bertz CT molecular complexity index is 659. The maximum absolute atomic E-state index is 11.9. The number of aliphatic hydroxyl groups excluding tert-OH is 1. The van der Waals surface area contributed by atoms with Crippen molar-refractivity contribution in [2.45, 2.75) is 6.54 Å². The van der Waals surface area contributed by atoms with Crippen LogP contribution in [0.15, 0.2) is 30.6 Å². The number of anilines is 1. The first kappa shape index (κ1) is 14.1. The standard InChI is InChI=1S/C13H11ClN4O2/c14-11-4-3-10(2-1-7-19)12(8-11)16-13(20)9-18-6-5-15-17-18/h3-6,8,19H,7,9H2,(H,16,20). The van der Waals surface area contributed by atoms with E-state index in [0.29, 0.717) is 16.3 Å². The third kappa shape index (κ3) is 3.82. The number of carbonyl (C=O) groups excluding carboxylic acids is 1. The first-order chi connectivity index (χ1) is 9.69. The molecule has 0 saturated carbocycles. The molecule has 1 aromatic heterocycles. The van der Waals surface area contributed by atoms with Crippen LogP contribution in [0.5, 0.6) is 0 Å². The lowest BCUT2D eigenvalue weighted by atomic mass is 10.2. The summed E-state index contributed by atoms with van der Waals surface area (Å²) in [7, 11) is 0. The van der Waals surface area contributed by atoms with E-state index < -0.39 is 0 Å². The molecule has 1 aromatic carbocycles. The van der Waals surface area contributed by atoms with Crippen molar-refractivity contribution in [2.24, 2.45) is 0 Å². The smallest absolute Gasteiger partial charge is 0.246 e. The van der Waals surface area contributed by atoms with Crippen molar-refractivity contribution >= 4 is 23.2 Å². The number of amides is 1. The second-order valence-electron chi connectivity index (χ2n) is 3.80. The zero-order valence-corrected chi connectivity index (χ0v) is 11.1. The van der Waals surface area contributed by atoms with Gasteiger partial charge in [-0.3, -0.25) is 4.79 Å². The maximum Gasteiger partial charge on any atom is 0.246 e. The van der Waals surface area contributed by atoms with Crippen LogP contribution < -0.4 is 5.32 Å². The molecule has 0 unspecified atom stereocenters. The lowest BCUT2D eigenvalue weighted by Crippen LogP contribution is -2.19. The fraction of sp³-hybridized carbons (Fsp3) is 0.154. The summed E-state index contributed by atoms with van der Waals surface area (Å²) < 4.78 is 1.40. The zero-order chi connectivity index (χ0) is 14.4. The SMILES string of the molecule is O=C(Cn1ccnn1)Nc1cc(Cl)ccc1C#CCO. The van der Waals surface area contributed by atoms with Crippen LogP contribution in [0.2, 0.25) is 5.02 Å². The molecule has 7 heteroatoms. The van der Waals surface area contributed by atoms with Crippen LogP contribution >= 0.6 is 11.6 Å². The van der Waals surface area contributed by atoms with Gasteiger partial charge in [-0.1, -0.05) is 28.7 Å². The fourth-order valence-corrected chi connectivity index (χ4v) is 1.69. The Kier molecular flexibility index (Phi) is 4.71. The number of halogens is 1. The van der Waals surface area contributed by atoms with Gasteiger partial charge in [0.25, 0.3) is 0 Å². The Morgan fingerprint density at radius 1 is 1.50 bits per heavy atom. The molecule has 0 radical (unpaired) electrons. The third-order valence-electron chi connectivity index (χ3n) is 2.34. The number of carbonyl (C=O) groups is 1. The molecule has 0 bridgehead atoms. The molecule has 0 fully saturated rings. The van der Waals surface area contributed by atoms with E-state index in [1.807, 2.05) is 0 Å². The van der Waals surface area contributed by atoms with Crippen molar-refractivity contribution in [3.8, 4) is 11.8 Å². The quantitative estimate of drug-likeness (QED) is 0.824. The second-order valence-corrected chi connectivity index (χ2v) is 4.24.